The zero-order valence-electron chi connectivity index (χ0n) is 14.3. The molecule has 2 N–H and O–H groups in total. The predicted molar refractivity (Wildman–Crippen MR) is 98.8 cm³/mol. The molecule has 1 heterocycles. The minimum absolute atomic E-state index is 0.137. The molecule has 0 radical (unpaired) electrons. The number of hydrogen-bond acceptors (Lipinski definition) is 4. The van der Waals surface area contributed by atoms with E-state index >= 15 is 0 Å². The molecule has 2 aromatic carbocycles. The van der Waals surface area contributed by atoms with Crippen LogP contribution < -0.4 is 10.1 Å². The number of benzene rings is 2. The molecule has 4 rings (SSSR count). The van der Waals surface area contributed by atoms with Gasteiger partial charge in [-0.05, 0) is 49.9 Å². The molecule has 0 aromatic heterocycles. The molecule has 1 fully saturated rings. The Morgan fingerprint density at radius 3 is 2.31 bits per heavy atom. The first-order chi connectivity index (χ1) is 12.5. The molecule has 26 heavy (non-hydrogen) atoms. The Kier molecular flexibility index (Phi) is 4.20. The molecule has 136 valence electrons. The Hall–Kier alpha value is -2.38. The van der Waals surface area contributed by atoms with Gasteiger partial charge in [-0.2, -0.15) is 0 Å². The highest BCUT2D eigenvalue weighted by Crippen LogP contribution is 2.39. The van der Waals surface area contributed by atoms with Gasteiger partial charge in [0.15, 0.2) is 0 Å². The lowest BCUT2D eigenvalue weighted by Gasteiger charge is -2.49. The maximum atomic E-state index is 13.2. The zero-order valence-corrected chi connectivity index (χ0v) is 15.1. The molecular formula is C19H21N3O3S. The predicted octanol–water partition coefficient (Wildman–Crippen LogP) is 3.11. The Morgan fingerprint density at radius 1 is 0.923 bits per heavy atom. The highest BCUT2D eigenvalue weighted by molar-refractivity contribution is 7.89. The van der Waals surface area contributed by atoms with Crippen molar-refractivity contribution in [3.05, 3.63) is 60.2 Å². The van der Waals surface area contributed by atoms with Crippen molar-refractivity contribution in [2.75, 3.05) is 5.32 Å². The number of hydrogen-bond donors (Lipinski definition) is 2. The van der Waals surface area contributed by atoms with Crippen LogP contribution in [0.4, 0.5) is 5.69 Å². The number of hydrazine groups is 1. The summed E-state index contributed by atoms with van der Waals surface area (Å²) in [7, 11) is -3.86. The van der Waals surface area contributed by atoms with E-state index in [1.54, 1.807) is 30.3 Å². The first-order valence-electron chi connectivity index (χ1n) is 8.81. The van der Waals surface area contributed by atoms with Crippen LogP contribution in [0.25, 0.3) is 0 Å². The SMILES string of the molecule is O=C1c2ccccc2NC2(CCCCC2)N1NS(=O)(=O)c1ccccc1. The van der Waals surface area contributed by atoms with Crippen LogP contribution in [0.2, 0.25) is 0 Å². The molecule has 1 aliphatic heterocycles. The van der Waals surface area contributed by atoms with E-state index in [-0.39, 0.29) is 10.8 Å². The molecule has 2 aliphatic rings. The Morgan fingerprint density at radius 2 is 1.58 bits per heavy atom. The minimum atomic E-state index is -3.86. The van der Waals surface area contributed by atoms with E-state index in [1.165, 1.54) is 17.1 Å². The molecular weight excluding hydrogens is 350 g/mol. The van der Waals surface area contributed by atoms with E-state index in [9.17, 15) is 13.2 Å². The van der Waals surface area contributed by atoms with E-state index in [4.69, 9.17) is 0 Å². The summed E-state index contributed by atoms with van der Waals surface area (Å²) >= 11 is 0. The van der Waals surface area contributed by atoms with Gasteiger partial charge in [0.25, 0.3) is 15.9 Å². The van der Waals surface area contributed by atoms with E-state index < -0.39 is 15.7 Å². The summed E-state index contributed by atoms with van der Waals surface area (Å²) < 4.78 is 25.7. The van der Waals surface area contributed by atoms with Gasteiger partial charge in [0, 0.05) is 5.69 Å². The lowest BCUT2D eigenvalue weighted by Crippen LogP contribution is -2.66. The number of rotatable bonds is 3. The van der Waals surface area contributed by atoms with Crippen LogP contribution in [0.3, 0.4) is 0 Å². The molecule has 1 aliphatic carbocycles. The molecule has 0 atom stereocenters. The number of nitrogens with one attached hydrogen (secondary N) is 2. The third-order valence-electron chi connectivity index (χ3n) is 5.10. The van der Waals surface area contributed by atoms with Crippen molar-refractivity contribution in [2.45, 2.75) is 42.7 Å². The fourth-order valence-corrected chi connectivity index (χ4v) is 4.91. The highest BCUT2D eigenvalue weighted by atomic mass is 32.2. The molecule has 1 saturated carbocycles. The van der Waals surface area contributed by atoms with Crippen LogP contribution >= 0.6 is 0 Å². The second-order valence-electron chi connectivity index (χ2n) is 6.81. The average Bonchev–Trinajstić information content (AvgIpc) is 2.67. The van der Waals surface area contributed by atoms with Crippen molar-refractivity contribution < 1.29 is 13.2 Å². The maximum Gasteiger partial charge on any atom is 0.273 e. The van der Waals surface area contributed by atoms with E-state index in [0.29, 0.717) is 18.4 Å². The van der Waals surface area contributed by atoms with Gasteiger partial charge in [0.2, 0.25) is 0 Å². The maximum absolute atomic E-state index is 13.2. The quantitative estimate of drug-likeness (QED) is 0.869. The number of nitrogens with zero attached hydrogens (tertiary/aromatic N) is 1. The third kappa shape index (κ3) is 2.87. The first kappa shape index (κ1) is 17.1. The van der Waals surface area contributed by atoms with Crippen LogP contribution in [-0.2, 0) is 10.0 Å². The fourth-order valence-electron chi connectivity index (χ4n) is 3.79. The summed E-state index contributed by atoms with van der Waals surface area (Å²) in [5, 5.41) is 4.75. The summed E-state index contributed by atoms with van der Waals surface area (Å²) in [6.45, 7) is 0. The van der Waals surface area contributed by atoms with Gasteiger partial charge in [-0.25, -0.2) is 13.4 Å². The zero-order chi connectivity index (χ0) is 18.2. The number of carbonyl (C=O) groups is 1. The highest BCUT2D eigenvalue weighted by Gasteiger charge is 2.47. The van der Waals surface area contributed by atoms with Crippen molar-refractivity contribution >= 4 is 21.6 Å². The monoisotopic (exact) mass is 371 g/mol. The summed E-state index contributed by atoms with van der Waals surface area (Å²) in [4.78, 5) is 15.9. The van der Waals surface area contributed by atoms with Gasteiger partial charge < -0.3 is 5.32 Å². The van der Waals surface area contributed by atoms with Gasteiger partial charge in [0.05, 0.1) is 10.5 Å². The first-order valence-corrected chi connectivity index (χ1v) is 10.3. The van der Waals surface area contributed by atoms with Gasteiger partial charge in [-0.15, -0.1) is 4.83 Å². The van der Waals surface area contributed by atoms with Crippen LogP contribution in [0.5, 0.6) is 0 Å². The number of para-hydroxylation sites is 1. The number of fused-ring (bicyclic) bond motifs is 1. The summed E-state index contributed by atoms with van der Waals surface area (Å²) in [6, 6.07) is 15.4. The van der Waals surface area contributed by atoms with Gasteiger partial charge in [0.1, 0.15) is 5.66 Å². The average molecular weight is 371 g/mol. The smallest absolute Gasteiger partial charge is 0.273 e. The third-order valence-corrected chi connectivity index (χ3v) is 6.42. The van der Waals surface area contributed by atoms with Crippen molar-refractivity contribution in [1.29, 1.82) is 0 Å². The molecule has 7 heteroatoms. The van der Waals surface area contributed by atoms with E-state index in [2.05, 4.69) is 10.1 Å². The molecule has 1 amide bonds. The molecule has 2 aromatic rings. The van der Waals surface area contributed by atoms with Crippen LogP contribution in [0.1, 0.15) is 42.5 Å². The summed E-state index contributed by atoms with van der Waals surface area (Å²) in [5.41, 5.74) is 0.500. The molecule has 0 saturated heterocycles. The van der Waals surface area contributed by atoms with Crippen molar-refractivity contribution in [3.8, 4) is 0 Å². The second-order valence-corrected chi connectivity index (χ2v) is 8.47. The number of amides is 1. The summed E-state index contributed by atoms with van der Waals surface area (Å²) in [6.07, 6.45) is 4.35. The normalized spacial score (nSPS) is 19.1. The van der Waals surface area contributed by atoms with Crippen molar-refractivity contribution in [1.82, 2.24) is 9.84 Å². The standard InChI is InChI=1S/C19H21N3O3S/c23-18-16-11-5-6-12-17(16)20-19(13-7-2-8-14-19)22(18)21-26(24,25)15-9-3-1-4-10-15/h1,3-6,9-12,20-21H,2,7-8,13-14H2. The summed E-state index contributed by atoms with van der Waals surface area (Å²) in [5.74, 6) is -0.319. The second kappa shape index (κ2) is 6.41. The molecule has 0 unspecified atom stereocenters. The van der Waals surface area contributed by atoms with Crippen LogP contribution in [0, 0.1) is 0 Å². The van der Waals surface area contributed by atoms with Crippen LogP contribution in [0.15, 0.2) is 59.5 Å². The number of carbonyl (C=O) groups excluding carboxylic acids is 1. The van der Waals surface area contributed by atoms with E-state index in [1.807, 2.05) is 12.1 Å². The molecule has 6 nitrogen and oxygen atoms in total. The van der Waals surface area contributed by atoms with Crippen molar-refractivity contribution in [2.24, 2.45) is 0 Å². The molecule has 0 bridgehead atoms. The van der Waals surface area contributed by atoms with Gasteiger partial charge in [-0.1, -0.05) is 36.8 Å². The van der Waals surface area contributed by atoms with Crippen LogP contribution in [-0.4, -0.2) is 25.0 Å². The van der Waals surface area contributed by atoms with Gasteiger partial charge >= 0.3 is 0 Å². The topological polar surface area (TPSA) is 78.5 Å². The Labute approximate surface area is 153 Å². The van der Waals surface area contributed by atoms with E-state index in [0.717, 1.165) is 24.9 Å². The largest absolute Gasteiger partial charge is 0.361 e. The minimum Gasteiger partial charge on any atom is -0.361 e. The number of anilines is 1. The van der Waals surface area contributed by atoms with Crippen molar-refractivity contribution in [3.63, 3.8) is 0 Å². The lowest BCUT2D eigenvalue weighted by atomic mass is 9.86. The lowest BCUT2D eigenvalue weighted by molar-refractivity contribution is 0.0303. The number of sulfonamides is 1. The Balaban J connectivity index is 1.75. The Bertz CT molecular complexity index is 922. The molecule has 1 spiro atoms. The fraction of sp³-hybridized carbons (Fsp3) is 0.316. The van der Waals surface area contributed by atoms with Gasteiger partial charge in [-0.3, -0.25) is 4.79 Å².